The number of hydrogen-bond donors (Lipinski definition) is 1. The second-order valence-electron chi connectivity index (χ2n) is 5.00. The van der Waals surface area contributed by atoms with Gasteiger partial charge in [-0.05, 0) is 42.0 Å². The highest BCUT2D eigenvalue weighted by Crippen LogP contribution is 2.29. The van der Waals surface area contributed by atoms with E-state index in [1.165, 1.54) is 7.11 Å². The monoisotopic (exact) mass is 297 g/mol. The molecule has 0 fully saturated rings. The van der Waals surface area contributed by atoms with Crippen molar-refractivity contribution in [3.63, 3.8) is 0 Å². The molecule has 3 rings (SSSR count). The van der Waals surface area contributed by atoms with Crippen LogP contribution in [0.15, 0.2) is 36.4 Å². The van der Waals surface area contributed by atoms with Crippen LogP contribution in [0, 0.1) is 0 Å². The molecule has 112 valence electrons. The first kappa shape index (κ1) is 14.1. The predicted molar refractivity (Wildman–Crippen MR) is 81.8 cm³/mol. The summed E-state index contributed by atoms with van der Waals surface area (Å²) in [5, 5.41) is 2.75. The Balaban J connectivity index is 1.95. The summed E-state index contributed by atoms with van der Waals surface area (Å²) in [6, 6.07) is 10.3. The highest BCUT2D eigenvalue weighted by molar-refractivity contribution is 6.10. The zero-order valence-electron chi connectivity index (χ0n) is 12.3. The van der Waals surface area contributed by atoms with Crippen molar-refractivity contribution in [3.05, 3.63) is 53.1 Å². The molecule has 1 heterocycles. The SMILES string of the molecule is COc1ccc(C(=O)c2ccc3c(c2)CC(=O)N3)cc1OC. The molecule has 2 aromatic rings. The maximum Gasteiger partial charge on any atom is 0.228 e. The van der Waals surface area contributed by atoms with E-state index in [-0.39, 0.29) is 11.7 Å². The van der Waals surface area contributed by atoms with Crippen molar-refractivity contribution in [1.82, 2.24) is 0 Å². The van der Waals surface area contributed by atoms with Crippen LogP contribution < -0.4 is 14.8 Å². The molecular weight excluding hydrogens is 282 g/mol. The molecule has 0 radical (unpaired) electrons. The Morgan fingerprint density at radius 2 is 1.68 bits per heavy atom. The Labute approximate surface area is 127 Å². The summed E-state index contributed by atoms with van der Waals surface area (Å²) in [6.07, 6.45) is 0.308. The molecule has 0 bridgehead atoms. The molecule has 1 N–H and O–H groups in total. The lowest BCUT2D eigenvalue weighted by Gasteiger charge is -2.09. The molecule has 1 aliphatic heterocycles. The summed E-state index contributed by atoms with van der Waals surface area (Å²) < 4.78 is 10.4. The first-order chi connectivity index (χ1) is 10.6. The largest absolute Gasteiger partial charge is 0.493 e. The summed E-state index contributed by atoms with van der Waals surface area (Å²) in [5.41, 5.74) is 2.67. The van der Waals surface area contributed by atoms with Gasteiger partial charge in [0.15, 0.2) is 17.3 Å². The van der Waals surface area contributed by atoms with Gasteiger partial charge in [0.2, 0.25) is 5.91 Å². The molecule has 2 aromatic carbocycles. The van der Waals surface area contributed by atoms with Gasteiger partial charge >= 0.3 is 0 Å². The minimum absolute atomic E-state index is 0.0503. The lowest BCUT2D eigenvalue weighted by molar-refractivity contribution is -0.115. The number of carbonyl (C=O) groups excluding carboxylic acids is 2. The molecular formula is C17H15NO4. The Kier molecular flexibility index (Phi) is 3.55. The first-order valence-corrected chi connectivity index (χ1v) is 6.82. The van der Waals surface area contributed by atoms with Crippen LogP contribution >= 0.6 is 0 Å². The van der Waals surface area contributed by atoms with Crippen LogP contribution in [-0.4, -0.2) is 25.9 Å². The standard InChI is InChI=1S/C17H15NO4/c1-21-14-6-4-11(8-15(14)22-2)17(20)10-3-5-13-12(7-10)9-16(19)18-13/h3-8H,9H2,1-2H3,(H,18,19). The van der Waals surface area contributed by atoms with Gasteiger partial charge in [0, 0.05) is 16.8 Å². The molecule has 0 aliphatic carbocycles. The smallest absolute Gasteiger partial charge is 0.228 e. The number of ether oxygens (including phenoxy) is 2. The van der Waals surface area contributed by atoms with E-state index in [4.69, 9.17) is 9.47 Å². The zero-order valence-corrected chi connectivity index (χ0v) is 12.3. The molecule has 0 spiro atoms. The van der Waals surface area contributed by atoms with E-state index in [9.17, 15) is 9.59 Å². The average molecular weight is 297 g/mol. The van der Waals surface area contributed by atoms with Crippen molar-refractivity contribution < 1.29 is 19.1 Å². The molecule has 5 nitrogen and oxygen atoms in total. The maximum atomic E-state index is 12.6. The fourth-order valence-corrected chi connectivity index (χ4v) is 2.51. The van der Waals surface area contributed by atoms with Crippen molar-refractivity contribution in [3.8, 4) is 11.5 Å². The topological polar surface area (TPSA) is 64.6 Å². The number of anilines is 1. The first-order valence-electron chi connectivity index (χ1n) is 6.82. The van der Waals surface area contributed by atoms with Gasteiger partial charge in [0.25, 0.3) is 0 Å². The van der Waals surface area contributed by atoms with Crippen molar-refractivity contribution in [2.45, 2.75) is 6.42 Å². The number of carbonyl (C=O) groups is 2. The van der Waals surface area contributed by atoms with Gasteiger partial charge in [0.05, 0.1) is 20.6 Å². The number of nitrogens with one attached hydrogen (secondary N) is 1. The van der Waals surface area contributed by atoms with Gasteiger partial charge in [-0.2, -0.15) is 0 Å². The number of hydrogen-bond acceptors (Lipinski definition) is 4. The fraction of sp³-hybridized carbons (Fsp3) is 0.176. The number of benzene rings is 2. The number of methoxy groups -OCH3 is 2. The third-order valence-electron chi connectivity index (χ3n) is 3.64. The Morgan fingerprint density at radius 3 is 2.41 bits per heavy atom. The number of fused-ring (bicyclic) bond motifs is 1. The molecule has 5 heteroatoms. The minimum atomic E-state index is -0.122. The second-order valence-corrected chi connectivity index (χ2v) is 5.00. The fourth-order valence-electron chi connectivity index (χ4n) is 2.51. The summed E-state index contributed by atoms with van der Waals surface area (Å²) >= 11 is 0. The summed E-state index contributed by atoms with van der Waals surface area (Å²) in [6.45, 7) is 0. The van der Waals surface area contributed by atoms with E-state index >= 15 is 0 Å². The van der Waals surface area contributed by atoms with Crippen LogP contribution in [0.25, 0.3) is 0 Å². The van der Waals surface area contributed by atoms with E-state index in [1.807, 2.05) is 0 Å². The van der Waals surface area contributed by atoms with Crippen LogP contribution in [0.2, 0.25) is 0 Å². The average Bonchev–Trinajstić information content (AvgIpc) is 2.92. The molecule has 0 saturated heterocycles. The van der Waals surface area contributed by atoms with Crippen LogP contribution in [0.4, 0.5) is 5.69 Å². The quantitative estimate of drug-likeness (QED) is 0.880. The van der Waals surface area contributed by atoms with Gasteiger partial charge in [-0.15, -0.1) is 0 Å². The van der Waals surface area contributed by atoms with E-state index < -0.39 is 0 Å². The van der Waals surface area contributed by atoms with Crippen molar-refractivity contribution in [2.24, 2.45) is 0 Å². The lowest BCUT2D eigenvalue weighted by Crippen LogP contribution is -2.03. The molecule has 1 aliphatic rings. The Hall–Kier alpha value is -2.82. The highest BCUT2D eigenvalue weighted by atomic mass is 16.5. The van der Waals surface area contributed by atoms with Crippen LogP contribution in [0.5, 0.6) is 11.5 Å². The lowest BCUT2D eigenvalue weighted by atomic mass is 10.00. The van der Waals surface area contributed by atoms with Gasteiger partial charge in [-0.3, -0.25) is 9.59 Å². The van der Waals surface area contributed by atoms with Gasteiger partial charge in [-0.1, -0.05) is 0 Å². The third-order valence-corrected chi connectivity index (χ3v) is 3.64. The zero-order chi connectivity index (χ0) is 15.7. The molecule has 1 amide bonds. The van der Waals surface area contributed by atoms with Crippen molar-refractivity contribution >= 4 is 17.4 Å². The second kappa shape index (κ2) is 5.52. The number of ketones is 1. The predicted octanol–water partition coefficient (Wildman–Crippen LogP) is 2.43. The Bertz CT molecular complexity index is 767. The van der Waals surface area contributed by atoms with E-state index in [0.717, 1.165) is 11.3 Å². The van der Waals surface area contributed by atoms with Crippen LogP contribution in [-0.2, 0) is 11.2 Å². The highest BCUT2D eigenvalue weighted by Gasteiger charge is 2.20. The van der Waals surface area contributed by atoms with E-state index in [0.29, 0.717) is 29.0 Å². The van der Waals surface area contributed by atoms with Crippen LogP contribution in [0.3, 0.4) is 0 Å². The summed E-state index contributed by atoms with van der Waals surface area (Å²) in [5.74, 6) is 0.906. The molecule has 0 saturated carbocycles. The van der Waals surface area contributed by atoms with Gasteiger partial charge in [0.1, 0.15) is 0 Å². The van der Waals surface area contributed by atoms with Crippen molar-refractivity contribution in [2.75, 3.05) is 19.5 Å². The molecule has 0 aromatic heterocycles. The maximum absolute atomic E-state index is 12.6. The summed E-state index contributed by atoms with van der Waals surface area (Å²) in [7, 11) is 3.07. The van der Waals surface area contributed by atoms with Crippen molar-refractivity contribution in [1.29, 1.82) is 0 Å². The third kappa shape index (κ3) is 2.41. The van der Waals surface area contributed by atoms with E-state index in [1.54, 1.807) is 43.5 Å². The Morgan fingerprint density at radius 1 is 1.00 bits per heavy atom. The van der Waals surface area contributed by atoms with Gasteiger partial charge < -0.3 is 14.8 Å². The van der Waals surface area contributed by atoms with E-state index in [2.05, 4.69) is 5.32 Å². The molecule has 0 atom stereocenters. The van der Waals surface area contributed by atoms with Crippen LogP contribution in [0.1, 0.15) is 21.5 Å². The summed E-state index contributed by atoms with van der Waals surface area (Å²) in [4.78, 5) is 24.0. The normalized spacial score (nSPS) is 12.5. The molecule has 0 unspecified atom stereocenters. The number of rotatable bonds is 4. The number of amides is 1. The molecule has 22 heavy (non-hydrogen) atoms. The minimum Gasteiger partial charge on any atom is -0.493 e. The van der Waals surface area contributed by atoms with Gasteiger partial charge in [-0.25, -0.2) is 0 Å².